The van der Waals surface area contributed by atoms with Crippen molar-refractivity contribution < 1.29 is 14.3 Å². The summed E-state index contributed by atoms with van der Waals surface area (Å²) < 4.78 is 5.21. The minimum Gasteiger partial charge on any atom is -0.467 e. The van der Waals surface area contributed by atoms with Crippen LogP contribution >= 0.6 is 0 Å². The Kier molecular flexibility index (Phi) is 4.13. The van der Waals surface area contributed by atoms with Crippen molar-refractivity contribution >= 4 is 11.9 Å². The molecular weight excluding hydrogens is 302 g/mol. The fourth-order valence-corrected chi connectivity index (χ4v) is 5.23. The van der Waals surface area contributed by atoms with Crippen molar-refractivity contribution in [3.8, 4) is 0 Å². The Balaban J connectivity index is 2.15. The molecule has 0 spiro atoms. The van der Waals surface area contributed by atoms with Crippen molar-refractivity contribution in [2.24, 2.45) is 17.8 Å². The highest BCUT2D eigenvalue weighted by atomic mass is 16.5. The molecule has 3 aliphatic rings. The number of esters is 1. The zero-order valence-corrected chi connectivity index (χ0v) is 15.7. The Hall–Kier alpha value is -1.58. The van der Waals surface area contributed by atoms with Gasteiger partial charge in [-0.25, -0.2) is 4.79 Å². The summed E-state index contributed by atoms with van der Waals surface area (Å²) in [5.74, 6) is 0.245. The van der Waals surface area contributed by atoms with E-state index in [0.717, 1.165) is 19.3 Å². The second-order valence-electron chi connectivity index (χ2n) is 8.10. The SMILES string of the molecule is COC(=O)[C@@]12CC(C)=C(C)C[C@@H]1[C@H]1CC(C)=C(C)C[C@H]1C(=O)N2C. The number of likely N-dealkylation sites (N-methyl/N-ethyl adjacent to an activating group) is 1. The molecule has 24 heavy (non-hydrogen) atoms. The molecule has 132 valence electrons. The standard InChI is InChI=1S/C20H29NO3/c1-11-7-15-16(8-12(11)2)18(22)21(5)20(19(23)24-6)10-14(4)13(3)9-17(15)20/h15-17H,7-10H2,1-6H3/t15-,16+,17+,20+/m0/s1. The molecule has 1 fully saturated rings. The molecule has 0 radical (unpaired) electrons. The number of carbonyl (C=O) groups excluding carboxylic acids is 2. The predicted molar refractivity (Wildman–Crippen MR) is 93.2 cm³/mol. The minimum atomic E-state index is -0.831. The average molecular weight is 331 g/mol. The number of likely N-dealkylation sites (tertiary alicyclic amines) is 1. The van der Waals surface area contributed by atoms with Crippen molar-refractivity contribution in [2.45, 2.75) is 58.9 Å². The molecule has 1 saturated heterocycles. The van der Waals surface area contributed by atoms with Gasteiger partial charge in [0.1, 0.15) is 5.54 Å². The number of fused-ring (bicyclic) bond motifs is 3. The van der Waals surface area contributed by atoms with E-state index in [-0.39, 0.29) is 29.6 Å². The highest BCUT2D eigenvalue weighted by Gasteiger charge is 2.62. The van der Waals surface area contributed by atoms with Gasteiger partial charge in [-0.1, -0.05) is 22.3 Å². The Labute approximate surface area is 144 Å². The summed E-state index contributed by atoms with van der Waals surface area (Å²) in [4.78, 5) is 27.8. The zero-order chi connectivity index (χ0) is 17.8. The number of allylic oxidation sites excluding steroid dienone is 3. The van der Waals surface area contributed by atoms with Crippen LogP contribution in [0.1, 0.15) is 53.4 Å². The van der Waals surface area contributed by atoms with E-state index >= 15 is 0 Å². The van der Waals surface area contributed by atoms with Crippen LogP contribution in [0.5, 0.6) is 0 Å². The maximum atomic E-state index is 13.2. The molecule has 1 heterocycles. The first-order chi connectivity index (χ1) is 11.2. The molecule has 2 aliphatic carbocycles. The van der Waals surface area contributed by atoms with Gasteiger partial charge in [0.05, 0.1) is 7.11 Å². The molecule has 0 aromatic heterocycles. The van der Waals surface area contributed by atoms with Gasteiger partial charge >= 0.3 is 5.97 Å². The number of hydrogen-bond acceptors (Lipinski definition) is 3. The number of carbonyl (C=O) groups is 2. The van der Waals surface area contributed by atoms with Crippen LogP contribution in [0.25, 0.3) is 0 Å². The molecule has 1 aliphatic heterocycles. The van der Waals surface area contributed by atoms with Crippen LogP contribution in [-0.4, -0.2) is 36.5 Å². The summed E-state index contributed by atoms with van der Waals surface area (Å²) in [7, 11) is 3.24. The van der Waals surface area contributed by atoms with E-state index in [1.54, 1.807) is 11.9 Å². The fraction of sp³-hybridized carbons (Fsp3) is 0.700. The quantitative estimate of drug-likeness (QED) is 0.546. The summed E-state index contributed by atoms with van der Waals surface area (Å²) in [6, 6.07) is 0. The molecule has 1 amide bonds. The lowest BCUT2D eigenvalue weighted by Crippen LogP contribution is -2.69. The Morgan fingerprint density at radius 2 is 1.62 bits per heavy atom. The van der Waals surface area contributed by atoms with E-state index in [4.69, 9.17) is 4.74 Å². The molecule has 0 unspecified atom stereocenters. The Morgan fingerprint density at radius 3 is 2.25 bits per heavy atom. The zero-order valence-electron chi connectivity index (χ0n) is 15.7. The van der Waals surface area contributed by atoms with Gasteiger partial charge in [0, 0.05) is 25.3 Å². The number of methoxy groups -OCH3 is 1. The second kappa shape index (κ2) is 5.75. The fourth-order valence-electron chi connectivity index (χ4n) is 5.23. The summed E-state index contributed by atoms with van der Waals surface area (Å²) >= 11 is 0. The van der Waals surface area contributed by atoms with Crippen LogP contribution in [0.3, 0.4) is 0 Å². The normalized spacial score (nSPS) is 36.5. The summed E-state index contributed by atoms with van der Waals surface area (Å²) in [6.45, 7) is 8.55. The second-order valence-corrected chi connectivity index (χ2v) is 8.10. The largest absolute Gasteiger partial charge is 0.467 e. The number of hydrogen-bond donors (Lipinski definition) is 0. The lowest BCUT2D eigenvalue weighted by Gasteiger charge is -2.57. The van der Waals surface area contributed by atoms with Gasteiger partial charge in [-0.2, -0.15) is 0 Å². The maximum Gasteiger partial charge on any atom is 0.332 e. The first-order valence-electron chi connectivity index (χ1n) is 8.90. The smallest absolute Gasteiger partial charge is 0.332 e. The van der Waals surface area contributed by atoms with Gasteiger partial charge < -0.3 is 9.64 Å². The molecule has 0 bridgehead atoms. The van der Waals surface area contributed by atoms with Crippen LogP contribution in [0.2, 0.25) is 0 Å². The number of nitrogens with zero attached hydrogens (tertiary/aromatic N) is 1. The van der Waals surface area contributed by atoms with Crippen LogP contribution in [0, 0.1) is 17.8 Å². The van der Waals surface area contributed by atoms with E-state index < -0.39 is 5.54 Å². The number of amides is 1. The predicted octanol–water partition coefficient (Wildman–Crippen LogP) is 3.48. The maximum absolute atomic E-state index is 13.2. The van der Waals surface area contributed by atoms with Crippen molar-refractivity contribution in [1.29, 1.82) is 0 Å². The van der Waals surface area contributed by atoms with Gasteiger partial charge in [0.15, 0.2) is 0 Å². The number of piperidine rings is 1. The summed E-state index contributed by atoms with van der Waals surface area (Å²) in [6.07, 6.45) is 3.23. The van der Waals surface area contributed by atoms with Gasteiger partial charge in [-0.05, 0) is 52.9 Å². The van der Waals surface area contributed by atoms with Gasteiger partial charge in [-0.3, -0.25) is 4.79 Å². The van der Waals surface area contributed by atoms with E-state index in [2.05, 4.69) is 27.7 Å². The minimum absolute atomic E-state index is 0.00712. The monoisotopic (exact) mass is 331 g/mol. The first-order valence-corrected chi connectivity index (χ1v) is 8.90. The van der Waals surface area contributed by atoms with Crippen LogP contribution < -0.4 is 0 Å². The molecule has 0 N–H and O–H groups in total. The lowest BCUT2D eigenvalue weighted by atomic mass is 9.56. The molecule has 4 nitrogen and oxygen atoms in total. The van der Waals surface area contributed by atoms with Crippen LogP contribution in [0.15, 0.2) is 22.3 Å². The summed E-state index contributed by atoms with van der Waals surface area (Å²) in [5.41, 5.74) is 4.47. The molecule has 3 rings (SSSR count). The van der Waals surface area contributed by atoms with Crippen molar-refractivity contribution in [1.82, 2.24) is 4.90 Å². The average Bonchev–Trinajstić information content (AvgIpc) is 2.55. The van der Waals surface area contributed by atoms with Gasteiger partial charge in [0.2, 0.25) is 5.91 Å². The van der Waals surface area contributed by atoms with Crippen LogP contribution in [-0.2, 0) is 14.3 Å². The first kappa shape index (κ1) is 17.2. The van der Waals surface area contributed by atoms with Gasteiger partial charge in [-0.15, -0.1) is 0 Å². The Morgan fingerprint density at radius 1 is 1.04 bits per heavy atom. The number of rotatable bonds is 1. The Bertz CT molecular complexity index is 660. The molecule has 0 saturated carbocycles. The van der Waals surface area contributed by atoms with E-state index in [1.807, 2.05) is 0 Å². The third-order valence-corrected chi connectivity index (χ3v) is 7.02. The highest BCUT2D eigenvalue weighted by molar-refractivity contribution is 5.92. The third-order valence-electron chi connectivity index (χ3n) is 7.02. The van der Waals surface area contributed by atoms with Gasteiger partial charge in [0.25, 0.3) is 0 Å². The topological polar surface area (TPSA) is 46.6 Å². The van der Waals surface area contributed by atoms with Crippen molar-refractivity contribution in [3.05, 3.63) is 22.3 Å². The van der Waals surface area contributed by atoms with E-state index in [0.29, 0.717) is 6.42 Å². The summed E-state index contributed by atoms with van der Waals surface area (Å²) in [5, 5.41) is 0. The molecule has 0 aromatic carbocycles. The van der Waals surface area contributed by atoms with Crippen molar-refractivity contribution in [2.75, 3.05) is 14.2 Å². The number of ether oxygens (including phenoxy) is 1. The lowest BCUT2D eigenvalue weighted by molar-refractivity contribution is -0.179. The highest BCUT2D eigenvalue weighted by Crippen LogP contribution is 2.54. The molecule has 4 heteroatoms. The third kappa shape index (κ3) is 2.18. The van der Waals surface area contributed by atoms with E-state index in [1.165, 1.54) is 29.4 Å². The molecule has 4 atom stereocenters. The molecular formula is C20H29NO3. The van der Waals surface area contributed by atoms with Crippen molar-refractivity contribution in [3.63, 3.8) is 0 Å². The van der Waals surface area contributed by atoms with Crippen LogP contribution in [0.4, 0.5) is 0 Å². The molecule has 0 aromatic rings. The van der Waals surface area contributed by atoms with E-state index in [9.17, 15) is 9.59 Å².